The summed E-state index contributed by atoms with van der Waals surface area (Å²) in [5.41, 5.74) is 2.03. The lowest BCUT2D eigenvalue weighted by Gasteiger charge is -2.36. The molecule has 19 heavy (non-hydrogen) atoms. The number of aromatic carboxylic acids is 1. The zero-order valence-electron chi connectivity index (χ0n) is 11.7. The molecule has 2 N–H and O–H groups in total. The number of aryl methyl sites for hydroxylation is 1. The first-order valence-electron chi connectivity index (χ1n) is 6.62. The third-order valence-corrected chi connectivity index (χ3v) is 3.52. The van der Waals surface area contributed by atoms with E-state index in [1.807, 2.05) is 19.1 Å². The van der Waals surface area contributed by atoms with E-state index >= 15 is 0 Å². The predicted molar refractivity (Wildman–Crippen MR) is 74.8 cm³/mol. The maximum Gasteiger partial charge on any atom is 0.335 e. The summed E-state index contributed by atoms with van der Waals surface area (Å²) in [5, 5.41) is 12.5. The Morgan fingerprint density at radius 1 is 1.47 bits per heavy atom. The van der Waals surface area contributed by atoms with Crippen LogP contribution in [0, 0.1) is 6.92 Å². The molecule has 104 valence electrons. The number of carboxylic acid groups (broad SMARTS) is 1. The number of hydrogen-bond donors (Lipinski definition) is 2. The van der Waals surface area contributed by atoms with E-state index in [0.29, 0.717) is 11.6 Å². The van der Waals surface area contributed by atoms with Crippen LogP contribution in [0.1, 0.15) is 42.6 Å². The molecule has 2 rings (SSSR count). The van der Waals surface area contributed by atoms with Crippen molar-refractivity contribution in [1.82, 2.24) is 0 Å². The Kier molecular flexibility index (Phi) is 3.80. The zero-order chi connectivity index (χ0) is 14.0. The van der Waals surface area contributed by atoms with Gasteiger partial charge in [0.05, 0.1) is 11.2 Å². The minimum Gasteiger partial charge on any atom is -0.478 e. The number of carbonyl (C=O) groups is 1. The van der Waals surface area contributed by atoms with Gasteiger partial charge in [-0.3, -0.25) is 0 Å². The van der Waals surface area contributed by atoms with Crippen LogP contribution in [0.5, 0.6) is 0 Å². The van der Waals surface area contributed by atoms with E-state index < -0.39 is 5.97 Å². The lowest BCUT2D eigenvalue weighted by molar-refractivity contribution is -0.0553. The molecule has 0 aliphatic carbocycles. The molecule has 1 aliphatic heterocycles. The van der Waals surface area contributed by atoms with Crippen LogP contribution in [0.4, 0.5) is 5.69 Å². The van der Waals surface area contributed by atoms with E-state index in [4.69, 9.17) is 9.84 Å². The molecule has 1 atom stereocenters. The summed E-state index contributed by atoms with van der Waals surface area (Å²) in [6, 6.07) is 5.76. The molecular formula is C15H21NO3. The van der Waals surface area contributed by atoms with Gasteiger partial charge in [0.25, 0.3) is 0 Å². The molecule has 0 saturated carbocycles. The SMILES string of the molecule is Cc1cc(NC2CCOC(C)(C)C2)ccc1C(=O)O. The van der Waals surface area contributed by atoms with Crippen LogP contribution >= 0.6 is 0 Å². The molecular weight excluding hydrogens is 242 g/mol. The van der Waals surface area contributed by atoms with Crippen molar-refractivity contribution in [3.63, 3.8) is 0 Å². The van der Waals surface area contributed by atoms with Crippen LogP contribution in [0.3, 0.4) is 0 Å². The van der Waals surface area contributed by atoms with Gasteiger partial charge in [-0.25, -0.2) is 4.79 Å². The third kappa shape index (κ3) is 3.47. The molecule has 1 heterocycles. The van der Waals surface area contributed by atoms with Crippen molar-refractivity contribution in [2.24, 2.45) is 0 Å². The van der Waals surface area contributed by atoms with Crippen molar-refractivity contribution >= 4 is 11.7 Å². The highest BCUT2D eigenvalue weighted by Gasteiger charge is 2.28. The summed E-state index contributed by atoms with van der Waals surface area (Å²) >= 11 is 0. The number of nitrogens with one attached hydrogen (secondary N) is 1. The fourth-order valence-electron chi connectivity index (χ4n) is 2.58. The molecule has 1 unspecified atom stereocenters. The highest BCUT2D eigenvalue weighted by molar-refractivity contribution is 5.89. The van der Waals surface area contributed by atoms with Crippen molar-refractivity contribution in [1.29, 1.82) is 0 Å². The summed E-state index contributed by atoms with van der Waals surface area (Å²) in [6.07, 6.45) is 1.93. The summed E-state index contributed by atoms with van der Waals surface area (Å²) in [4.78, 5) is 11.0. The van der Waals surface area contributed by atoms with Crippen molar-refractivity contribution in [3.8, 4) is 0 Å². The second-order valence-corrected chi connectivity index (χ2v) is 5.78. The van der Waals surface area contributed by atoms with Gasteiger partial charge in [-0.2, -0.15) is 0 Å². The molecule has 0 bridgehead atoms. The molecule has 1 aromatic carbocycles. The standard InChI is InChI=1S/C15H21NO3/c1-10-8-11(4-5-13(10)14(17)18)16-12-6-7-19-15(2,3)9-12/h4-5,8,12,16H,6-7,9H2,1-3H3,(H,17,18). The summed E-state index contributed by atoms with van der Waals surface area (Å²) in [7, 11) is 0. The van der Waals surface area contributed by atoms with E-state index in [-0.39, 0.29) is 5.60 Å². The average molecular weight is 263 g/mol. The highest BCUT2D eigenvalue weighted by Crippen LogP contribution is 2.27. The Morgan fingerprint density at radius 2 is 2.21 bits per heavy atom. The fourth-order valence-corrected chi connectivity index (χ4v) is 2.58. The lowest BCUT2D eigenvalue weighted by Crippen LogP contribution is -2.40. The third-order valence-electron chi connectivity index (χ3n) is 3.52. The first kappa shape index (κ1) is 13.9. The predicted octanol–water partition coefficient (Wildman–Crippen LogP) is 3.06. The monoisotopic (exact) mass is 263 g/mol. The number of anilines is 1. The van der Waals surface area contributed by atoms with Gasteiger partial charge in [0.15, 0.2) is 0 Å². The average Bonchev–Trinajstić information content (AvgIpc) is 2.27. The van der Waals surface area contributed by atoms with Crippen LogP contribution in [0.15, 0.2) is 18.2 Å². The van der Waals surface area contributed by atoms with Gasteiger partial charge in [-0.1, -0.05) is 0 Å². The first-order valence-corrected chi connectivity index (χ1v) is 6.62. The highest BCUT2D eigenvalue weighted by atomic mass is 16.5. The first-order chi connectivity index (χ1) is 8.87. The topological polar surface area (TPSA) is 58.6 Å². The Hall–Kier alpha value is -1.55. The van der Waals surface area contributed by atoms with Crippen LogP contribution in [-0.2, 0) is 4.74 Å². The van der Waals surface area contributed by atoms with Crippen LogP contribution in [0.25, 0.3) is 0 Å². The number of ether oxygens (including phenoxy) is 1. The maximum atomic E-state index is 11.0. The van der Waals surface area contributed by atoms with E-state index in [0.717, 1.165) is 30.7 Å². The summed E-state index contributed by atoms with van der Waals surface area (Å²) < 4.78 is 5.69. The smallest absolute Gasteiger partial charge is 0.335 e. The minimum absolute atomic E-state index is 0.0913. The van der Waals surface area contributed by atoms with E-state index in [2.05, 4.69) is 19.2 Å². The molecule has 1 saturated heterocycles. The van der Waals surface area contributed by atoms with Crippen molar-refractivity contribution in [2.75, 3.05) is 11.9 Å². The Labute approximate surface area is 113 Å². The molecule has 0 aromatic heterocycles. The molecule has 1 aliphatic rings. The summed E-state index contributed by atoms with van der Waals surface area (Å²) in [5.74, 6) is -0.878. The molecule has 1 fully saturated rings. The van der Waals surface area contributed by atoms with Gasteiger partial charge >= 0.3 is 5.97 Å². The fraction of sp³-hybridized carbons (Fsp3) is 0.533. The number of carboxylic acids is 1. The van der Waals surface area contributed by atoms with Gasteiger partial charge in [0.2, 0.25) is 0 Å². The van der Waals surface area contributed by atoms with Gasteiger partial charge in [-0.05, 0) is 57.4 Å². The van der Waals surface area contributed by atoms with Crippen LogP contribution in [0.2, 0.25) is 0 Å². The van der Waals surface area contributed by atoms with Gasteiger partial charge in [-0.15, -0.1) is 0 Å². The second-order valence-electron chi connectivity index (χ2n) is 5.78. The van der Waals surface area contributed by atoms with Crippen LogP contribution < -0.4 is 5.32 Å². The van der Waals surface area contributed by atoms with Gasteiger partial charge < -0.3 is 15.2 Å². The molecule has 0 amide bonds. The minimum atomic E-state index is -0.878. The van der Waals surface area contributed by atoms with Crippen LogP contribution in [-0.4, -0.2) is 29.3 Å². The van der Waals surface area contributed by atoms with E-state index in [9.17, 15) is 4.79 Å². The lowest BCUT2D eigenvalue weighted by atomic mass is 9.93. The van der Waals surface area contributed by atoms with Crippen molar-refractivity contribution in [2.45, 2.75) is 45.3 Å². The Morgan fingerprint density at radius 3 is 2.79 bits per heavy atom. The van der Waals surface area contributed by atoms with Gasteiger partial charge in [0, 0.05) is 18.3 Å². The van der Waals surface area contributed by atoms with Crippen molar-refractivity contribution in [3.05, 3.63) is 29.3 Å². The van der Waals surface area contributed by atoms with Crippen molar-refractivity contribution < 1.29 is 14.6 Å². The molecule has 4 heteroatoms. The molecule has 0 radical (unpaired) electrons. The normalized spacial score (nSPS) is 21.9. The Bertz CT molecular complexity index is 482. The van der Waals surface area contributed by atoms with Gasteiger partial charge in [0.1, 0.15) is 0 Å². The quantitative estimate of drug-likeness (QED) is 0.880. The summed E-state index contributed by atoms with van der Waals surface area (Å²) in [6.45, 7) is 6.78. The molecule has 4 nitrogen and oxygen atoms in total. The second kappa shape index (κ2) is 5.21. The molecule has 0 spiro atoms. The number of hydrogen-bond acceptors (Lipinski definition) is 3. The van der Waals surface area contributed by atoms with E-state index in [1.54, 1.807) is 6.07 Å². The largest absolute Gasteiger partial charge is 0.478 e. The number of rotatable bonds is 3. The molecule has 1 aromatic rings. The number of benzene rings is 1. The maximum absolute atomic E-state index is 11.0. The Balaban J connectivity index is 2.07. The zero-order valence-corrected chi connectivity index (χ0v) is 11.7. The van der Waals surface area contributed by atoms with E-state index in [1.165, 1.54) is 0 Å².